The summed E-state index contributed by atoms with van der Waals surface area (Å²) >= 11 is 6.01. The zero-order chi connectivity index (χ0) is 17.6. The van der Waals surface area contributed by atoms with Gasteiger partial charge in [-0.25, -0.2) is 15.4 Å². The molecule has 1 amide bonds. The number of unbranched alkanes of at least 4 members (excludes halogenated alkanes) is 1. The molecule has 0 aliphatic rings. The van der Waals surface area contributed by atoms with Crippen LogP contribution in [0.5, 0.6) is 0 Å². The topological polar surface area (TPSA) is 94.7 Å². The van der Waals surface area contributed by atoms with Crippen LogP contribution in [0.1, 0.15) is 30.3 Å². The van der Waals surface area contributed by atoms with Crippen molar-refractivity contribution in [2.45, 2.75) is 19.8 Å². The Bertz CT molecular complexity index is 878. The SMILES string of the molecule is CCCCNNC(=O)c1cc2c(Nc3cccc(Cl)c3)ncnc2[nH]1. The molecule has 3 aromatic rings. The molecule has 0 atom stereocenters. The van der Waals surface area contributed by atoms with E-state index in [4.69, 9.17) is 11.6 Å². The molecule has 130 valence electrons. The second-order valence-electron chi connectivity index (χ2n) is 5.54. The molecule has 0 aliphatic carbocycles. The van der Waals surface area contributed by atoms with Gasteiger partial charge in [0.25, 0.3) is 5.91 Å². The molecule has 3 rings (SSSR count). The summed E-state index contributed by atoms with van der Waals surface area (Å²) in [6.45, 7) is 2.82. The van der Waals surface area contributed by atoms with Crippen molar-refractivity contribution >= 4 is 40.0 Å². The molecule has 25 heavy (non-hydrogen) atoms. The summed E-state index contributed by atoms with van der Waals surface area (Å²) < 4.78 is 0. The molecule has 0 radical (unpaired) electrons. The van der Waals surface area contributed by atoms with Crippen LogP contribution in [0, 0.1) is 0 Å². The van der Waals surface area contributed by atoms with Crippen molar-refractivity contribution in [3.05, 3.63) is 47.4 Å². The summed E-state index contributed by atoms with van der Waals surface area (Å²) in [5, 5.41) is 4.55. The lowest BCUT2D eigenvalue weighted by Crippen LogP contribution is -2.38. The maximum atomic E-state index is 12.2. The molecule has 2 heterocycles. The number of hydrogen-bond acceptors (Lipinski definition) is 5. The van der Waals surface area contributed by atoms with Gasteiger partial charge in [-0.3, -0.25) is 10.2 Å². The standard InChI is InChI=1S/C17H19ClN6O/c1-2-3-7-21-24-17(25)14-9-13-15(19-10-20-16(13)23-14)22-12-6-4-5-11(18)8-12/h4-6,8-10,21H,2-3,7H2,1H3,(H,24,25)(H2,19,20,22,23). The van der Waals surface area contributed by atoms with Crippen LogP contribution in [0.15, 0.2) is 36.7 Å². The van der Waals surface area contributed by atoms with Crippen LogP contribution in [0.3, 0.4) is 0 Å². The third kappa shape index (κ3) is 4.26. The minimum Gasteiger partial charge on any atom is -0.340 e. The highest BCUT2D eigenvalue weighted by Gasteiger charge is 2.13. The highest BCUT2D eigenvalue weighted by atomic mass is 35.5. The highest BCUT2D eigenvalue weighted by molar-refractivity contribution is 6.30. The van der Waals surface area contributed by atoms with Gasteiger partial charge in [-0.2, -0.15) is 0 Å². The van der Waals surface area contributed by atoms with Crippen molar-refractivity contribution in [2.24, 2.45) is 0 Å². The molecule has 1 aromatic carbocycles. The molecule has 4 N–H and O–H groups in total. The van der Waals surface area contributed by atoms with Crippen LogP contribution >= 0.6 is 11.6 Å². The predicted molar refractivity (Wildman–Crippen MR) is 99.0 cm³/mol. The molecule has 0 saturated carbocycles. The minimum absolute atomic E-state index is 0.247. The maximum Gasteiger partial charge on any atom is 0.281 e. The second kappa shape index (κ2) is 7.96. The van der Waals surface area contributed by atoms with Gasteiger partial charge < -0.3 is 10.3 Å². The molecule has 0 saturated heterocycles. The zero-order valence-electron chi connectivity index (χ0n) is 13.8. The largest absolute Gasteiger partial charge is 0.340 e. The first-order valence-electron chi connectivity index (χ1n) is 8.07. The summed E-state index contributed by atoms with van der Waals surface area (Å²) in [4.78, 5) is 23.6. The molecular formula is C17H19ClN6O. The van der Waals surface area contributed by atoms with Gasteiger partial charge in [0.15, 0.2) is 0 Å². The van der Waals surface area contributed by atoms with Gasteiger partial charge in [-0.05, 0) is 30.7 Å². The number of amides is 1. The smallest absolute Gasteiger partial charge is 0.281 e. The number of hydrazine groups is 1. The number of aromatic nitrogens is 3. The molecular weight excluding hydrogens is 340 g/mol. The minimum atomic E-state index is -0.247. The lowest BCUT2D eigenvalue weighted by atomic mass is 10.3. The predicted octanol–water partition coefficient (Wildman–Crippen LogP) is 3.39. The van der Waals surface area contributed by atoms with E-state index in [1.165, 1.54) is 6.33 Å². The molecule has 7 nitrogen and oxygen atoms in total. The fraction of sp³-hybridized carbons (Fsp3) is 0.235. The van der Waals surface area contributed by atoms with E-state index in [-0.39, 0.29) is 5.91 Å². The highest BCUT2D eigenvalue weighted by Crippen LogP contribution is 2.25. The number of nitrogens with zero attached hydrogens (tertiary/aromatic N) is 2. The van der Waals surface area contributed by atoms with Crippen LogP contribution in [0.25, 0.3) is 11.0 Å². The van der Waals surface area contributed by atoms with Gasteiger partial charge in [0.05, 0.1) is 5.39 Å². The number of anilines is 2. The number of H-pyrrole nitrogens is 1. The first kappa shape index (κ1) is 17.2. The number of aromatic amines is 1. The summed E-state index contributed by atoms with van der Waals surface area (Å²) in [5.41, 5.74) is 7.37. The fourth-order valence-corrected chi connectivity index (χ4v) is 2.53. The van der Waals surface area contributed by atoms with Crippen LogP contribution in [0.4, 0.5) is 11.5 Å². The van der Waals surface area contributed by atoms with Gasteiger partial charge in [0.1, 0.15) is 23.5 Å². The number of nitrogens with one attached hydrogen (secondary N) is 4. The van der Waals surface area contributed by atoms with E-state index in [1.807, 2.05) is 12.1 Å². The van der Waals surface area contributed by atoms with Crippen LogP contribution in [-0.2, 0) is 0 Å². The van der Waals surface area contributed by atoms with Gasteiger partial charge in [-0.1, -0.05) is 31.0 Å². The Kier molecular flexibility index (Phi) is 5.47. The van der Waals surface area contributed by atoms with E-state index in [9.17, 15) is 4.79 Å². The van der Waals surface area contributed by atoms with Crippen LogP contribution in [0.2, 0.25) is 5.02 Å². The van der Waals surface area contributed by atoms with Crippen molar-refractivity contribution in [1.29, 1.82) is 0 Å². The summed E-state index contributed by atoms with van der Waals surface area (Å²) in [5.74, 6) is 0.351. The number of halogens is 1. The third-order valence-corrected chi connectivity index (χ3v) is 3.85. The van der Waals surface area contributed by atoms with Crippen LogP contribution in [-0.4, -0.2) is 27.4 Å². The fourth-order valence-electron chi connectivity index (χ4n) is 2.34. The molecule has 0 aliphatic heterocycles. The van der Waals surface area contributed by atoms with E-state index in [1.54, 1.807) is 18.2 Å². The van der Waals surface area contributed by atoms with E-state index in [2.05, 4.69) is 38.0 Å². The number of fused-ring (bicyclic) bond motifs is 1. The first-order valence-corrected chi connectivity index (χ1v) is 8.44. The zero-order valence-corrected chi connectivity index (χ0v) is 14.5. The molecule has 0 spiro atoms. The van der Waals surface area contributed by atoms with E-state index >= 15 is 0 Å². The monoisotopic (exact) mass is 358 g/mol. The Morgan fingerprint density at radius 3 is 2.96 bits per heavy atom. The summed E-state index contributed by atoms with van der Waals surface area (Å²) in [6.07, 6.45) is 3.49. The van der Waals surface area contributed by atoms with Crippen LogP contribution < -0.4 is 16.2 Å². The van der Waals surface area contributed by atoms with Crippen molar-refractivity contribution in [1.82, 2.24) is 25.8 Å². The summed E-state index contributed by atoms with van der Waals surface area (Å²) in [6, 6.07) is 9.05. The molecule has 2 aromatic heterocycles. The van der Waals surface area contributed by atoms with E-state index in [0.29, 0.717) is 22.2 Å². The Morgan fingerprint density at radius 1 is 1.28 bits per heavy atom. The average molecular weight is 359 g/mol. The third-order valence-electron chi connectivity index (χ3n) is 3.61. The lowest BCUT2D eigenvalue weighted by molar-refractivity contribution is 0.0929. The van der Waals surface area contributed by atoms with Gasteiger partial charge in [0, 0.05) is 17.3 Å². The number of benzene rings is 1. The summed E-state index contributed by atoms with van der Waals surface area (Å²) in [7, 11) is 0. The molecule has 0 bridgehead atoms. The lowest BCUT2D eigenvalue weighted by Gasteiger charge is -2.06. The first-order chi connectivity index (χ1) is 12.2. The normalized spacial score (nSPS) is 10.8. The number of hydrogen-bond donors (Lipinski definition) is 4. The Hall–Kier alpha value is -2.64. The van der Waals surface area contributed by atoms with Gasteiger partial charge in [-0.15, -0.1) is 0 Å². The Labute approximate surface area is 150 Å². The van der Waals surface area contributed by atoms with Crippen molar-refractivity contribution in [2.75, 3.05) is 11.9 Å². The Morgan fingerprint density at radius 2 is 2.16 bits per heavy atom. The molecule has 8 heteroatoms. The van der Waals surface area contributed by atoms with Crippen molar-refractivity contribution < 1.29 is 4.79 Å². The molecule has 0 fully saturated rings. The number of rotatable bonds is 7. The quantitative estimate of drug-likeness (QED) is 0.383. The van der Waals surface area contributed by atoms with Gasteiger partial charge in [0.2, 0.25) is 0 Å². The Balaban J connectivity index is 1.79. The van der Waals surface area contributed by atoms with E-state index < -0.39 is 0 Å². The molecule has 0 unspecified atom stereocenters. The van der Waals surface area contributed by atoms with Gasteiger partial charge >= 0.3 is 0 Å². The second-order valence-corrected chi connectivity index (χ2v) is 5.97. The van der Waals surface area contributed by atoms with Crippen molar-refractivity contribution in [3.8, 4) is 0 Å². The average Bonchev–Trinajstić information content (AvgIpc) is 3.04. The number of carbonyl (C=O) groups excluding carboxylic acids is 1. The van der Waals surface area contributed by atoms with Crippen molar-refractivity contribution in [3.63, 3.8) is 0 Å². The number of carbonyl (C=O) groups is 1. The maximum absolute atomic E-state index is 12.2. The van der Waals surface area contributed by atoms with E-state index in [0.717, 1.165) is 30.5 Å².